The Morgan fingerprint density at radius 2 is 1.84 bits per heavy atom. The fourth-order valence-corrected chi connectivity index (χ4v) is 3.73. The molecule has 0 bridgehead atoms. The molecule has 32 heavy (non-hydrogen) atoms. The number of likely N-dealkylation sites (N-methyl/N-ethyl adjacent to an activating group) is 1. The molecule has 0 unspecified atom stereocenters. The molecule has 2 aromatic carbocycles. The van der Waals surface area contributed by atoms with Gasteiger partial charge in [-0.15, -0.1) is 0 Å². The number of benzene rings is 2. The standard InChI is InChI=1S/C20H24N4O7S/c1-3-23(13-15-7-5-4-6-8-15)19(25)14-31-20(26)12-22-32(29,30)16-9-10-17(21-2)18(11-16)24(27)28/h4-11,21-22H,3,12-14H2,1-2H3. The van der Waals surface area contributed by atoms with Gasteiger partial charge in [-0.1, -0.05) is 30.3 Å². The second-order valence-corrected chi connectivity index (χ2v) is 8.33. The number of esters is 1. The molecular weight excluding hydrogens is 440 g/mol. The molecule has 0 aliphatic rings. The van der Waals surface area contributed by atoms with Crippen molar-refractivity contribution in [2.24, 2.45) is 0 Å². The van der Waals surface area contributed by atoms with Crippen molar-refractivity contribution in [3.05, 3.63) is 64.2 Å². The Hall–Kier alpha value is -3.51. The van der Waals surface area contributed by atoms with Gasteiger partial charge in [0.25, 0.3) is 11.6 Å². The number of ether oxygens (including phenoxy) is 1. The lowest BCUT2D eigenvalue weighted by Crippen LogP contribution is -2.36. The van der Waals surface area contributed by atoms with E-state index < -0.39 is 45.7 Å². The summed E-state index contributed by atoms with van der Waals surface area (Å²) in [6.07, 6.45) is 0. The first-order chi connectivity index (χ1) is 15.2. The molecule has 2 N–H and O–H groups in total. The zero-order chi connectivity index (χ0) is 23.7. The first-order valence-electron chi connectivity index (χ1n) is 9.61. The predicted molar refractivity (Wildman–Crippen MR) is 116 cm³/mol. The van der Waals surface area contributed by atoms with Crippen LogP contribution in [-0.2, 0) is 30.9 Å². The minimum absolute atomic E-state index is 0.142. The highest BCUT2D eigenvalue weighted by molar-refractivity contribution is 7.89. The number of anilines is 1. The summed E-state index contributed by atoms with van der Waals surface area (Å²) in [5.74, 6) is -1.38. The van der Waals surface area contributed by atoms with E-state index in [0.29, 0.717) is 13.1 Å². The highest BCUT2D eigenvalue weighted by Gasteiger charge is 2.22. The fourth-order valence-electron chi connectivity index (χ4n) is 2.74. The number of nitro benzene ring substituents is 1. The van der Waals surface area contributed by atoms with E-state index in [0.717, 1.165) is 11.6 Å². The van der Waals surface area contributed by atoms with Crippen LogP contribution in [0.15, 0.2) is 53.4 Å². The summed E-state index contributed by atoms with van der Waals surface area (Å²) in [4.78, 5) is 35.7. The van der Waals surface area contributed by atoms with Crippen LogP contribution in [0.25, 0.3) is 0 Å². The van der Waals surface area contributed by atoms with Crippen molar-refractivity contribution >= 4 is 33.3 Å². The number of hydrogen-bond donors (Lipinski definition) is 2. The van der Waals surface area contributed by atoms with Crippen molar-refractivity contribution < 1.29 is 27.7 Å². The minimum atomic E-state index is -4.21. The highest BCUT2D eigenvalue weighted by atomic mass is 32.2. The van der Waals surface area contributed by atoms with Crippen LogP contribution in [-0.4, -0.2) is 56.9 Å². The SMILES string of the molecule is CCN(Cc1ccccc1)C(=O)COC(=O)CNS(=O)(=O)c1ccc(NC)c([N+](=O)[O-])c1. The van der Waals surface area contributed by atoms with Gasteiger partial charge >= 0.3 is 5.97 Å². The predicted octanol–water partition coefficient (Wildman–Crippen LogP) is 1.51. The van der Waals surface area contributed by atoms with Crippen LogP contribution in [0.2, 0.25) is 0 Å². The van der Waals surface area contributed by atoms with Crippen molar-refractivity contribution in [1.29, 1.82) is 0 Å². The van der Waals surface area contributed by atoms with Crippen LogP contribution in [0.3, 0.4) is 0 Å². The number of nitrogens with one attached hydrogen (secondary N) is 2. The Kier molecular flexibility index (Phi) is 8.67. The maximum atomic E-state index is 12.4. The van der Waals surface area contributed by atoms with Gasteiger partial charge in [0.1, 0.15) is 12.2 Å². The number of hydrogen-bond acceptors (Lipinski definition) is 8. The smallest absolute Gasteiger partial charge is 0.321 e. The lowest BCUT2D eigenvalue weighted by molar-refractivity contribution is -0.384. The van der Waals surface area contributed by atoms with E-state index >= 15 is 0 Å². The average molecular weight is 465 g/mol. The number of nitrogens with zero attached hydrogens (tertiary/aromatic N) is 2. The molecular formula is C20H24N4O7S. The zero-order valence-electron chi connectivity index (χ0n) is 17.6. The molecule has 0 fully saturated rings. The van der Waals surface area contributed by atoms with Gasteiger partial charge in [0.2, 0.25) is 10.0 Å². The number of rotatable bonds is 11. The molecule has 0 spiro atoms. The van der Waals surface area contributed by atoms with Crippen molar-refractivity contribution in [3.63, 3.8) is 0 Å². The van der Waals surface area contributed by atoms with E-state index in [1.807, 2.05) is 35.1 Å². The van der Waals surface area contributed by atoms with Gasteiger partial charge in [0, 0.05) is 26.2 Å². The Morgan fingerprint density at radius 3 is 2.44 bits per heavy atom. The molecule has 0 aliphatic heterocycles. The van der Waals surface area contributed by atoms with Gasteiger partial charge in [-0.3, -0.25) is 19.7 Å². The molecule has 0 radical (unpaired) electrons. The quantitative estimate of drug-likeness (QED) is 0.289. The number of carbonyl (C=O) groups is 2. The molecule has 0 heterocycles. The molecule has 1 amide bonds. The number of amides is 1. The van der Waals surface area contributed by atoms with E-state index in [1.54, 1.807) is 6.92 Å². The molecule has 0 aliphatic carbocycles. The average Bonchev–Trinajstić information content (AvgIpc) is 2.79. The maximum absolute atomic E-state index is 12.4. The molecule has 2 aromatic rings. The van der Waals surface area contributed by atoms with E-state index in [9.17, 15) is 28.1 Å². The second kappa shape index (κ2) is 11.2. The van der Waals surface area contributed by atoms with Gasteiger partial charge in [-0.05, 0) is 24.6 Å². The topological polar surface area (TPSA) is 148 Å². The highest BCUT2D eigenvalue weighted by Crippen LogP contribution is 2.26. The van der Waals surface area contributed by atoms with Crippen molar-refractivity contribution in [3.8, 4) is 0 Å². The fraction of sp³-hybridized carbons (Fsp3) is 0.300. The second-order valence-electron chi connectivity index (χ2n) is 6.56. The molecule has 0 aromatic heterocycles. The Bertz CT molecular complexity index is 1070. The van der Waals surface area contributed by atoms with Crippen LogP contribution in [0.1, 0.15) is 12.5 Å². The summed E-state index contributed by atoms with van der Waals surface area (Å²) >= 11 is 0. The third-order valence-electron chi connectivity index (χ3n) is 4.46. The van der Waals surface area contributed by atoms with Crippen LogP contribution in [0.4, 0.5) is 11.4 Å². The van der Waals surface area contributed by atoms with Gasteiger partial charge in [-0.25, -0.2) is 8.42 Å². The Morgan fingerprint density at radius 1 is 1.16 bits per heavy atom. The maximum Gasteiger partial charge on any atom is 0.321 e. The number of nitro groups is 1. The van der Waals surface area contributed by atoms with E-state index in [1.165, 1.54) is 24.1 Å². The van der Waals surface area contributed by atoms with E-state index in [-0.39, 0.29) is 10.6 Å². The summed E-state index contributed by atoms with van der Waals surface area (Å²) in [5, 5.41) is 13.7. The molecule has 0 saturated heterocycles. The number of carbonyl (C=O) groups excluding carboxylic acids is 2. The van der Waals surface area contributed by atoms with Crippen LogP contribution >= 0.6 is 0 Å². The van der Waals surface area contributed by atoms with Crippen LogP contribution in [0, 0.1) is 10.1 Å². The minimum Gasteiger partial charge on any atom is -0.455 e. The zero-order valence-corrected chi connectivity index (χ0v) is 18.4. The first kappa shape index (κ1) is 24.8. The molecule has 2 rings (SSSR count). The summed E-state index contributed by atoms with van der Waals surface area (Å²) in [5.41, 5.74) is 0.629. The summed E-state index contributed by atoms with van der Waals surface area (Å²) < 4.78 is 31.6. The van der Waals surface area contributed by atoms with Gasteiger partial charge < -0.3 is 15.0 Å². The van der Waals surface area contributed by atoms with Crippen molar-refractivity contribution in [2.45, 2.75) is 18.4 Å². The third-order valence-corrected chi connectivity index (χ3v) is 5.86. The molecule has 11 nitrogen and oxygen atoms in total. The van der Waals surface area contributed by atoms with E-state index in [2.05, 4.69) is 5.32 Å². The largest absolute Gasteiger partial charge is 0.455 e. The van der Waals surface area contributed by atoms with Crippen molar-refractivity contribution in [2.75, 3.05) is 32.1 Å². The molecule has 172 valence electrons. The van der Waals surface area contributed by atoms with Crippen LogP contribution < -0.4 is 10.0 Å². The van der Waals surface area contributed by atoms with Gasteiger partial charge in [-0.2, -0.15) is 4.72 Å². The lowest BCUT2D eigenvalue weighted by Gasteiger charge is -2.20. The summed E-state index contributed by atoms with van der Waals surface area (Å²) in [6, 6.07) is 12.6. The monoisotopic (exact) mass is 464 g/mol. The van der Waals surface area contributed by atoms with Gasteiger partial charge in [0.15, 0.2) is 6.61 Å². The summed E-state index contributed by atoms with van der Waals surface area (Å²) in [6.45, 7) is 1.27. The van der Waals surface area contributed by atoms with Gasteiger partial charge in [0.05, 0.1) is 9.82 Å². The third kappa shape index (κ3) is 6.75. The molecule has 0 saturated carbocycles. The molecule has 0 atom stereocenters. The first-order valence-corrected chi connectivity index (χ1v) is 11.1. The van der Waals surface area contributed by atoms with E-state index in [4.69, 9.17) is 4.74 Å². The Labute approximate surface area is 185 Å². The van der Waals surface area contributed by atoms with Crippen LogP contribution in [0.5, 0.6) is 0 Å². The molecule has 12 heteroatoms. The number of sulfonamides is 1. The lowest BCUT2D eigenvalue weighted by atomic mass is 10.2. The summed E-state index contributed by atoms with van der Waals surface area (Å²) in [7, 11) is -2.75. The van der Waals surface area contributed by atoms with Crippen molar-refractivity contribution in [1.82, 2.24) is 9.62 Å². The Balaban J connectivity index is 1.92. The normalized spacial score (nSPS) is 10.9.